The third-order valence-corrected chi connectivity index (χ3v) is 8.69. The standard InChI is InChI=1S/C35H38O7S/c1-27-17-19-32(20-18-27)43(36,37)42-25-31-24-39-33(26-38-21-28-11-5-2-6-12-28)35(41-23-30-15-9-4-10-16-30)34(31)40-22-29-13-7-3-8-14-29/h2-20,31,33-35H,21-26H2,1H3/t31?,33-,34-,35+/m1/s1. The van der Waals surface area contributed by atoms with E-state index in [1.807, 2.05) is 97.9 Å². The first kappa shape index (κ1) is 31.1. The third-order valence-electron chi connectivity index (χ3n) is 7.39. The molecule has 0 saturated carbocycles. The minimum atomic E-state index is -3.97. The summed E-state index contributed by atoms with van der Waals surface area (Å²) >= 11 is 0. The highest BCUT2D eigenvalue weighted by molar-refractivity contribution is 7.86. The summed E-state index contributed by atoms with van der Waals surface area (Å²) in [6.45, 7) is 3.41. The van der Waals surface area contributed by atoms with Crippen molar-refractivity contribution in [2.45, 2.75) is 50.0 Å². The monoisotopic (exact) mass is 602 g/mol. The Kier molecular flexibility index (Phi) is 11.1. The molecule has 226 valence electrons. The van der Waals surface area contributed by atoms with Gasteiger partial charge in [0.15, 0.2) is 0 Å². The predicted octanol–water partition coefficient (Wildman–Crippen LogP) is 6.10. The summed E-state index contributed by atoms with van der Waals surface area (Å²) < 4.78 is 57.1. The summed E-state index contributed by atoms with van der Waals surface area (Å²) in [5.74, 6) is -0.407. The molecule has 1 saturated heterocycles. The van der Waals surface area contributed by atoms with Gasteiger partial charge >= 0.3 is 0 Å². The second-order valence-electron chi connectivity index (χ2n) is 10.7. The van der Waals surface area contributed by atoms with Crippen molar-refractivity contribution in [3.8, 4) is 0 Å². The number of benzene rings is 4. The first-order valence-electron chi connectivity index (χ1n) is 14.5. The lowest BCUT2D eigenvalue weighted by Crippen LogP contribution is -2.55. The molecule has 4 aromatic carbocycles. The number of ether oxygens (including phenoxy) is 4. The van der Waals surface area contributed by atoms with Crippen molar-refractivity contribution in [3.05, 3.63) is 138 Å². The zero-order chi connectivity index (χ0) is 29.9. The second kappa shape index (κ2) is 15.4. The van der Waals surface area contributed by atoms with E-state index >= 15 is 0 Å². The fourth-order valence-electron chi connectivity index (χ4n) is 4.99. The van der Waals surface area contributed by atoms with E-state index in [4.69, 9.17) is 23.1 Å². The maximum absolute atomic E-state index is 13.0. The molecule has 0 bridgehead atoms. The van der Waals surface area contributed by atoms with Gasteiger partial charge in [-0.15, -0.1) is 0 Å². The molecule has 0 aliphatic carbocycles. The Labute approximate surface area is 254 Å². The molecule has 0 spiro atoms. The number of rotatable bonds is 14. The maximum Gasteiger partial charge on any atom is 0.296 e. The van der Waals surface area contributed by atoms with Gasteiger partial charge in [-0.25, -0.2) is 0 Å². The Morgan fingerprint density at radius 2 is 1.16 bits per heavy atom. The minimum absolute atomic E-state index is 0.112. The summed E-state index contributed by atoms with van der Waals surface area (Å²) in [5, 5.41) is 0. The molecule has 1 aliphatic heterocycles. The number of aryl methyl sites for hydroxylation is 1. The van der Waals surface area contributed by atoms with Crippen molar-refractivity contribution in [2.75, 3.05) is 19.8 Å². The second-order valence-corrected chi connectivity index (χ2v) is 12.3. The Morgan fingerprint density at radius 1 is 0.651 bits per heavy atom. The van der Waals surface area contributed by atoms with E-state index < -0.39 is 34.3 Å². The Balaban J connectivity index is 1.35. The van der Waals surface area contributed by atoms with Crippen molar-refractivity contribution in [1.82, 2.24) is 0 Å². The van der Waals surface area contributed by atoms with Crippen LogP contribution in [0.5, 0.6) is 0 Å². The van der Waals surface area contributed by atoms with Crippen molar-refractivity contribution < 1.29 is 31.5 Å². The SMILES string of the molecule is Cc1ccc(S(=O)(=O)OCC2CO[C@H](COCc3ccccc3)[C@H](OCc3ccccc3)[C@@H]2OCc2ccccc2)cc1. The number of hydrogen-bond donors (Lipinski definition) is 0. The summed E-state index contributed by atoms with van der Waals surface area (Å²) in [6.07, 6.45) is -1.49. The first-order valence-corrected chi connectivity index (χ1v) is 15.9. The Bertz CT molecular complexity index is 1480. The Hall–Kier alpha value is -3.37. The lowest BCUT2D eigenvalue weighted by atomic mass is 9.92. The topological polar surface area (TPSA) is 80.3 Å². The van der Waals surface area contributed by atoms with Crippen LogP contribution in [-0.4, -0.2) is 46.6 Å². The van der Waals surface area contributed by atoms with Crippen LogP contribution in [-0.2, 0) is 53.1 Å². The molecule has 1 heterocycles. The van der Waals surface area contributed by atoms with Gasteiger partial charge in [0.2, 0.25) is 0 Å². The van der Waals surface area contributed by atoms with Crippen LogP contribution in [0.2, 0.25) is 0 Å². The molecule has 8 heteroatoms. The molecule has 1 fully saturated rings. The van der Waals surface area contributed by atoms with Crippen molar-refractivity contribution in [2.24, 2.45) is 5.92 Å². The first-order chi connectivity index (χ1) is 21.0. The maximum atomic E-state index is 13.0. The van der Waals surface area contributed by atoms with E-state index in [0.29, 0.717) is 19.8 Å². The number of hydrogen-bond acceptors (Lipinski definition) is 7. The molecule has 4 aromatic rings. The van der Waals surface area contributed by atoms with Crippen LogP contribution in [0.3, 0.4) is 0 Å². The van der Waals surface area contributed by atoms with E-state index in [2.05, 4.69) is 0 Å². The molecule has 0 N–H and O–H groups in total. The van der Waals surface area contributed by atoms with E-state index in [9.17, 15) is 8.42 Å². The lowest BCUT2D eigenvalue weighted by Gasteiger charge is -2.42. The lowest BCUT2D eigenvalue weighted by molar-refractivity contribution is -0.223. The molecular weight excluding hydrogens is 564 g/mol. The van der Waals surface area contributed by atoms with Crippen LogP contribution in [0.25, 0.3) is 0 Å². The fourth-order valence-corrected chi connectivity index (χ4v) is 5.95. The van der Waals surface area contributed by atoms with Crippen LogP contribution >= 0.6 is 0 Å². The summed E-state index contributed by atoms with van der Waals surface area (Å²) in [7, 11) is -3.97. The van der Waals surface area contributed by atoms with E-state index in [1.54, 1.807) is 24.3 Å². The van der Waals surface area contributed by atoms with Gasteiger partial charge < -0.3 is 18.9 Å². The normalized spacial score (nSPS) is 20.6. The van der Waals surface area contributed by atoms with Gasteiger partial charge in [0.05, 0.1) is 50.6 Å². The molecule has 1 aliphatic rings. The van der Waals surface area contributed by atoms with Crippen LogP contribution in [0, 0.1) is 12.8 Å². The summed E-state index contributed by atoms with van der Waals surface area (Å²) in [5.41, 5.74) is 4.03. The van der Waals surface area contributed by atoms with Crippen molar-refractivity contribution in [3.63, 3.8) is 0 Å². The van der Waals surface area contributed by atoms with Gasteiger partial charge in [-0.1, -0.05) is 109 Å². The summed E-state index contributed by atoms with van der Waals surface area (Å²) in [4.78, 5) is 0.112. The quantitative estimate of drug-likeness (QED) is 0.161. The fraction of sp³-hybridized carbons (Fsp3) is 0.314. The predicted molar refractivity (Wildman–Crippen MR) is 164 cm³/mol. The van der Waals surface area contributed by atoms with Gasteiger partial charge in [0.1, 0.15) is 12.2 Å². The smallest absolute Gasteiger partial charge is 0.296 e. The van der Waals surface area contributed by atoms with E-state index in [1.165, 1.54) is 0 Å². The van der Waals surface area contributed by atoms with Gasteiger partial charge in [-0.2, -0.15) is 8.42 Å². The third kappa shape index (κ3) is 9.06. The van der Waals surface area contributed by atoms with Gasteiger partial charge in [-0.05, 0) is 35.7 Å². The van der Waals surface area contributed by atoms with Crippen LogP contribution in [0.1, 0.15) is 22.3 Å². The van der Waals surface area contributed by atoms with Gasteiger partial charge in [0.25, 0.3) is 10.1 Å². The average molecular weight is 603 g/mol. The molecule has 43 heavy (non-hydrogen) atoms. The average Bonchev–Trinajstić information content (AvgIpc) is 3.04. The summed E-state index contributed by atoms with van der Waals surface area (Å²) in [6, 6.07) is 36.3. The van der Waals surface area contributed by atoms with Crippen molar-refractivity contribution in [1.29, 1.82) is 0 Å². The van der Waals surface area contributed by atoms with Crippen LogP contribution in [0.15, 0.2) is 120 Å². The van der Waals surface area contributed by atoms with Gasteiger partial charge in [0, 0.05) is 5.92 Å². The molecule has 0 radical (unpaired) electrons. The molecule has 0 amide bonds. The van der Waals surface area contributed by atoms with E-state index in [-0.39, 0.29) is 24.7 Å². The Morgan fingerprint density at radius 3 is 1.72 bits per heavy atom. The molecule has 1 unspecified atom stereocenters. The largest absolute Gasteiger partial charge is 0.374 e. The van der Waals surface area contributed by atoms with Crippen molar-refractivity contribution >= 4 is 10.1 Å². The highest BCUT2D eigenvalue weighted by Crippen LogP contribution is 2.29. The molecule has 4 atom stereocenters. The minimum Gasteiger partial charge on any atom is -0.374 e. The molecular formula is C35H38O7S. The zero-order valence-corrected chi connectivity index (χ0v) is 25.1. The van der Waals surface area contributed by atoms with Gasteiger partial charge in [-0.3, -0.25) is 4.18 Å². The molecule has 0 aromatic heterocycles. The molecule has 5 rings (SSSR count). The highest BCUT2D eigenvalue weighted by Gasteiger charge is 2.43. The molecule has 7 nitrogen and oxygen atoms in total. The zero-order valence-electron chi connectivity index (χ0n) is 24.3. The van der Waals surface area contributed by atoms with E-state index in [0.717, 1.165) is 22.3 Å². The van der Waals surface area contributed by atoms with Crippen LogP contribution in [0.4, 0.5) is 0 Å². The highest BCUT2D eigenvalue weighted by atomic mass is 32.2. The van der Waals surface area contributed by atoms with Crippen LogP contribution < -0.4 is 0 Å².